The van der Waals surface area contributed by atoms with Crippen LogP contribution in [-0.4, -0.2) is 78.2 Å². The molecule has 2 rings (SSSR count). The molecule has 0 spiro atoms. The molecule has 0 aromatic heterocycles. The number of likely N-dealkylation sites (N-methyl/N-ethyl adjacent to an activating group) is 1. The van der Waals surface area contributed by atoms with Crippen molar-refractivity contribution in [2.24, 2.45) is 0 Å². The minimum absolute atomic E-state index is 0.194. The highest BCUT2D eigenvalue weighted by molar-refractivity contribution is 7.86. The van der Waals surface area contributed by atoms with E-state index in [-0.39, 0.29) is 25.5 Å². The van der Waals surface area contributed by atoms with Gasteiger partial charge in [0.1, 0.15) is 6.04 Å². The molecule has 2 heterocycles. The molecule has 2 aliphatic rings. The average Bonchev–Trinajstić information content (AvgIpc) is 2.61. The van der Waals surface area contributed by atoms with Gasteiger partial charge in [0.05, 0.1) is 6.54 Å². The predicted molar refractivity (Wildman–Crippen MR) is 74.7 cm³/mol. The molecular formula is C12H21N3O5S. The van der Waals surface area contributed by atoms with Gasteiger partial charge in [0.15, 0.2) is 0 Å². The fourth-order valence-corrected chi connectivity index (χ4v) is 4.54. The third-order valence-corrected chi connectivity index (χ3v) is 5.99. The van der Waals surface area contributed by atoms with Crippen LogP contribution in [0, 0.1) is 0 Å². The number of rotatable bonds is 3. The van der Waals surface area contributed by atoms with Crippen LogP contribution in [0.1, 0.15) is 25.7 Å². The van der Waals surface area contributed by atoms with Gasteiger partial charge in [0.2, 0.25) is 5.91 Å². The van der Waals surface area contributed by atoms with Gasteiger partial charge in [0.25, 0.3) is 10.2 Å². The highest BCUT2D eigenvalue weighted by Gasteiger charge is 2.41. The number of carboxylic acids is 1. The molecule has 120 valence electrons. The van der Waals surface area contributed by atoms with Crippen molar-refractivity contribution in [2.45, 2.75) is 31.7 Å². The van der Waals surface area contributed by atoms with Gasteiger partial charge in [-0.25, -0.2) is 0 Å². The van der Waals surface area contributed by atoms with E-state index in [9.17, 15) is 23.1 Å². The second-order valence-corrected chi connectivity index (χ2v) is 7.35. The van der Waals surface area contributed by atoms with Gasteiger partial charge in [-0.15, -0.1) is 0 Å². The van der Waals surface area contributed by atoms with E-state index in [4.69, 9.17) is 0 Å². The number of nitrogens with zero attached hydrogens (tertiary/aromatic N) is 3. The lowest BCUT2D eigenvalue weighted by molar-refractivity contribution is -0.142. The monoisotopic (exact) mass is 319 g/mol. The van der Waals surface area contributed by atoms with E-state index in [2.05, 4.69) is 0 Å². The van der Waals surface area contributed by atoms with Crippen molar-refractivity contribution in [3.05, 3.63) is 0 Å². The zero-order chi connectivity index (χ0) is 15.6. The van der Waals surface area contributed by atoms with Crippen LogP contribution < -0.4 is 0 Å². The number of carbonyl (C=O) groups excluding carboxylic acids is 1. The third kappa shape index (κ3) is 3.35. The second kappa shape index (κ2) is 6.29. The number of hydrogen-bond donors (Lipinski definition) is 1. The number of carbonyl (C=O) groups is 2. The Hall–Kier alpha value is -1.19. The molecule has 0 bridgehead atoms. The lowest BCUT2D eigenvalue weighted by Crippen LogP contribution is -2.54. The maximum atomic E-state index is 12.7. The summed E-state index contributed by atoms with van der Waals surface area (Å²) in [5.41, 5.74) is 0. The SMILES string of the molecule is CN1CCCN(S(=O)(=O)N2CCCCC2C(=O)O)CC1=O. The van der Waals surface area contributed by atoms with Crippen LogP contribution in [0.3, 0.4) is 0 Å². The van der Waals surface area contributed by atoms with Crippen LogP contribution in [0.2, 0.25) is 0 Å². The number of amides is 1. The molecule has 1 N–H and O–H groups in total. The van der Waals surface area contributed by atoms with E-state index >= 15 is 0 Å². The predicted octanol–water partition coefficient (Wildman–Crippen LogP) is -0.666. The van der Waals surface area contributed by atoms with Crippen LogP contribution in [0.5, 0.6) is 0 Å². The van der Waals surface area contributed by atoms with Gasteiger partial charge in [-0.05, 0) is 25.7 Å². The molecule has 2 fully saturated rings. The number of aliphatic carboxylic acids is 1. The van der Waals surface area contributed by atoms with E-state index in [0.717, 1.165) is 8.61 Å². The second-order valence-electron chi connectivity index (χ2n) is 5.47. The Morgan fingerprint density at radius 2 is 1.90 bits per heavy atom. The molecule has 9 heteroatoms. The first kappa shape index (κ1) is 16.2. The van der Waals surface area contributed by atoms with Gasteiger partial charge >= 0.3 is 5.97 Å². The maximum absolute atomic E-state index is 12.7. The molecule has 0 radical (unpaired) electrons. The molecule has 0 saturated carbocycles. The first-order valence-corrected chi connectivity index (χ1v) is 8.47. The van der Waals surface area contributed by atoms with E-state index in [1.807, 2.05) is 0 Å². The van der Waals surface area contributed by atoms with Crippen LogP contribution in [0.25, 0.3) is 0 Å². The van der Waals surface area contributed by atoms with E-state index in [1.165, 1.54) is 4.90 Å². The Balaban J connectivity index is 2.23. The first-order valence-electron chi connectivity index (χ1n) is 7.07. The normalized spacial score (nSPS) is 26.6. The molecule has 8 nitrogen and oxygen atoms in total. The summed E-state index contributed by atoms with van der Waals surface area (Å²) in [6.45, 7) is 0.718. The molecule has 2 aliphatic heterocycles. The summed E-state index contributed by atoms with van der Waals surface area (Å²) in [6.07, 6.45) is 2.21. The fourth-order valence-electron chi connectivity index (χ4n) is 2.73. The highest BCUT2D eigenvalue weighted by atomic mass is 32.2. The fraction of sp³-hybridized carbons (Fsp3) is 0.833. The lowest BCUT2D eigenvalue weighted by atomic mass is 10.1. The highest BCUT2D eigenvalue weighted by Crippen LogP contribution is 2.23. The van der Waals surface area contributed by atoms with Crippen molar-refractivity contribution < 1.29 is 23.1 Å². The van der Waals surface area contributed by atoms with Crippen molar-refractivity contribution >= 4 is 22.1 Å². The molecular weight excluding hydrogens is 298 g/mol. The Morgan fingerprint density at radius 1 is 1.19 bits per heavy atom. The zero-order valence-electron chi connectivity index (χ0n) is 12.1. The van der Waals surface area contributed by atoms with Crippen molar-refractivity contribution in [1.82, 2.24) is 13.5 Å². The number of carboxylic acid groups (broad SMARTS) is 1. The van der Waals surface area contributed by atoms with Crippen LogP contribution >= 0.6 is 0 Å². The molecule has 0 aromatic rings. The maximum Gasteiger partial charge on any atom is 0.322 e. The minimum Gasteiger partial charge on any atom is -0.480 e. The minimum atomic E-state index is -3.92. The Bertz CT molecular complexity index is 521. The molecule has 2 saturated heterocycles. The van der Waals surface area contributed by atoms with Crippen molar-refractivity contribution in [1.29, 1.82) is 0 Å². The molecule has 0 aromatic carbocycles. The summed E-state index contributed by atoms with van der Waals surface area (Å²) < 4.78 is 27.5. The van der Waals surface area contributed by atoms with Crippen LogP contribution in [0.4, 0.5) is 0 Å². The summed E-state index contributed by atoms with van der Waals surface area (Å²) in [5, 5.41) is 9.22. The Morgan fingerprint density at radius 3 is 2.57 bits per heavy atom. The van der Waals surface area contributed by atoms with Crippen LogP contribution in [0.15, 0.2) is 0 Å². The Labute approximate surface area is 124 Å². The van der Waals surface area contributed by atoms with Crippen molar-refractivity contribution in [3.63, 3.8) is 0 Å². The van der Waals surface area contributed by atoms with E-state index in [0.29, 0.717) is 32.2 Å². The Kier molecular flexibility index (Phi) is 4.84. The van der Waals surface area contributed by atoms with Gasteiger partial charge in [-0.3, -0.25) is 9.59 Å². The lowest BCUT2D eigenvalue weighted by Gasteiger charge is -2.35. The van der Waals surface area contributed by atoms with Crippen molar-refractivity contribution in [2.75, 3.05) is 33.2 Å². The van der Waals surface area contributed by atoms with Gasteiger partial charge in [0, 0.05) is 26.7 Å². The molecule has 1 atom stereocenters. The van der Waals surface area contributed by atoms with E-state index < -0.39 is 22.2 Å². The molecule has 0 aliphatic carbocycles. The summed E-state index contributed by atoms with van der Waals surface area (Å²) >= 11 is 0. The standard InChI is InChI=1S/C12H21N3O5S/c1-13-6-4-7-14(9-11(13)16)21(19,20)15-8-3-2-5-10(15)12(17)18/h10H,2-9H2,1H3,(H,17,18). The topological polar surface area (TPSA) is 98.2 Å². The summed E-state index contributed by atoms with van der Waals surface area (Å²) in [7, 11) is -2.28. The summed E-state index contributed by atoms with van der Waals surface area (Å²) in [6, 6.07) is -1.03. The summed E-state index contributed by atoms with van der Waals surface area (Å²) in [5.74, 6) is -1.39. The number of hydrogen-bond acceptors (Lipinski definition) is 4. The molecule has 1 unspecified atom stereocenters. The number of piperidine rings is 1. The van der Waals surface area contributed by atoms with Crippen LogP contribution in [-0.2, 0) is 19.8 Å². The molecule has 1 amide bonds. The third-order valence-electron chi connectivity index (χ3n) is 4.00. The quantitative estimate of drug-likeness (QED) is 0.744. The largest absolute Gasteiger partial charge is 0.480 e. The molecule has 21 heavy (non-hydrogen) atoms. The summed E-state index contributed by atoms with van der Waals surface area (Å²) in [4.78, 5) is 24.6. The van der Waals surface area contributed by atoms with Gasteiger partial charge in [-0.2, -0.15) is 17.0 Å². The van der Waals surface area contributed by atoms with E-state index in [1.54, 1.807) is 7.05 Å². The van der Waals surface area contributed by atoms with Gasteiger partial charge in [-0.1, -0.05) is 0 Å². The average molecular weight is 319 g/mol. The first-order chi connectivity index (χ1) is 9.84. The zero-order valence-corrected chi connectivity index (χ0v) is 12.9. The smallest absolute Gasteiger partial charge is 0.322 e. The van der Waals surface area contributed by atoms with Gasteiger partial charge < -0.3 is 10.0 Å². The van der Waals surface area contributed by atoms with Crippen molar-refractivity contribution in [3.8, 4) is 0 Å².